The van der Waals surface area contributed by atoms with Crippen molar-refractivity contribution in [1.29, 1.82) is 0 Å². The van der Waals surface area contributed by atoms with Crippen molar-refractivity contribution >= 4 is 5.78 Å². The van der Waals surface area contributed by atoms with E-state index >= 15 is 0 Å². The van der Waals surface area contributed by atoms with E-state index in [1.54, 1.807) is 21.1 Å². The summed E-state index contributed by atoms with van der Waals surface area (Å²) in [5, 5.41) is 0. The minimum absolute atomic E-state index is 0.164. The van der Waals surface area contributed by atoms with E-state index in [9.17, 15) is 4.79 Å². The second-order valence-electron chi connectivity index (χ2n) is 6.19. The summed E-state index contributed by atoms with van der Waals surface area (Å²) in [6.07, 6.45) is 2.02. The Morgan fingerprint density at radius 3 is 1.81 bits per heavy atom. The van der Waals surface area contributed by atoms with E-state index in [0.29, 0.717) is 0 Å². The van der Waals surface area contributed by atoms with Gasteiger partial charge in [-0.25, -0.2) is 0 Å². The molecule has 2 unspecified atom stereocenters. The molecule has 1 aromatic carbocycles. The lowest BCUT2D eigenvalue weighted by molar-refractivity contribution is -0.125. The van der Waals surface area contributed by atoms with E-state index in [1.807, 2.05) is 19.1 Å². The summed E-state index contributed by atoms with van der Waals surface area (Å²) in [7, 11) is 3.37. The number of rotatable bonds is 4. The number of ketones is 1. The van der Waals surface area contributed by atoms with Crippen LogP contribution in [-0.2, 0) is 4.79 Å². The first-order valence-electron chi connectivity index (χ1n) is 7.41. The minimum atomic E-state index is -0.482. The minimum Gasteiger partial charge on any atom is -0.496 e. The number of carbonyl (C=O) groups is 1. The maximum atomic E-state index is 12.6. The first kappa shape index (κ1) is 14.2. The van der Waals surface area contributed by atoms with Crippen LogP contribution in [0.5, 0.6) is 11.5 Å². The molecule has 0 aliphatic heterocycles. The Balaban J connectivity index is 2.32. The molecule has 2 aliphatic rings. The molecule has 2 bridgehead atoms. The summed E-state index contributed by atoms with van der Waals surface area (Å²) in [6, 6.07) is 3.89. The predicted octanol–water partition coefficient (Wildman–Crippen LogP) is 3.83. The maximum absolute atomic E-state index is 12.6. The summed E-state index contributed by atoms with van der Waals surface area (Å²) in [5.41, 5.74) is 2.80. The molecule has 0 amide bonds. The molecule has 0 spiro atoms. The van der Waals surface area contributed by atoms with E-state index in [2.05, 4.69) is 6.58 Å². The van der Waals surface area contributed by atoms with Gasteiger partial charge in [0.25, 0.3) is 0 Å². The molecule has 0 heterocycles. The Bertz CT molecular complexity index is 575. The van der Waals surface area contributed by atoms with Crippen molar-refractivity contribution in [3.63, 3.8) is 0 Å². The SMILES string of the molecule is C=C(C)C1(C(C)=O)C2CCC1c1c(OC)ccc(OC)c12. The highest BCUT2D eigenvalue weighted by Crippen LogP contribution is 2.70. The number of carbonyl (C=O) groups excluding carboxylic acids is 1. The fraction of sp³-hybridized carbons (Fsp3) is 0.500. The third kappa shape index (κ3) is 1.52. The fourth-order valence-electron chi connectivity index (χ4n) is 4.83. The van der Waals surface area contributed by atoms with Gasteiger partial charge in [-0.1, -0.05) is 12.2 Å². The lowest BCUT2D eigenvalue weighted by Crippen LogP contribution is -2.33. The van der Waals surface area contributed by atoms with Gasteiger partial charge >= 0.3 is 0 Å². The van der Waals surface area contributed by atoms with Gasteiger partial charge in [0, 0.05) is 23.0 Å². The van der Waals surface area contributed by atoms with Gasteiger partial charge in [0.05, 0.1) is 19.6 Å². The molecular formula is C18H22O3. The van der Waals surface area contributed by atoms with Gasteiger partial charge in [-0.05, 0) is 38.8 Å². The zero-order valence-corrected chi connectivity index (χ0v) is 13.2. The van der Waals surface area contributed by atoms with Gasteiger partial charge in [0.2, 0.25) is 0 Å². The highest BCUT2D eigenvalue weighted by molar-refractivity contribution is 5.91. The first-order valence-corrected chi connectivity index (χ1v) is 7.41. The van der Waals surface area contributed by atoms with Gasteiger partial charge in [0.1, 0.15) is 17.3 Å². The molecule has 112 valence electrons. The Kier molecular flexibility index (Phi) is 3.12. The van der Waals surface area contributed by atoms with Crippen LogP contribution in [0.25, 0.3) is 0 Å². The molecule has 0 saturated heterocycles. The third-order valence-corrected chi connectivity index (χ3v) is 5.48. The Morgan fingerprint density at radius 2 is 1.52 bits per heavy atom. The van der Waals surface area contributed by atoms with Crippen LogP contribution in [0.3, 0.4) is 0 Å². The summed E-state index contributed by atoms with van der Waals surface area (Å²) < 4.78 is 11.1. The van der Waals surface area contributed by atoms with Crippen LogP contribution in [0.2, 0.25) is 0 Å². The van der Waals surface area contributed by atoms with Gasteiger partial charge in [-0.15, -0.1) is 0 Å². The van der Waals surface area contributed by atoms with Crippen molar-refractivity contribution in [2.24, 2.45) is 5.41 Å². The van der Waals surface area contributed by atoms with Gasteiger partial charge in [-0.2, -0.15) is 0 Å². The molecule has 21 heavy (non-hydrogen) atoms. The number of hydrogen-bond donors (Lipinski definition) is 0. The molecule has 0 N–H and O–H groups in total. The number of allylic oxidation sites excluding steroid dienone is 1. The molecule has 3 rings (SSSR count). The first-order chi connectivity index (χ1) is 9.99. The number of fused-ring (bicyclic) bond motifs is 5. The van der Waals surface area contributed by atoms with Crippen molar-refractivity contribution in [3.05, 3.63) is 35.4 Å². The smallest absolute Gasteiger partial charge is 0.141 e. The van der Waals surface area contributed by atoms with Gasteiger partial charge in [-0.3, -0.25) is 4.79 Å². The van der Waals surface area contributed by atoms with E-state index < -0.39 is 5.41 Å². The molecule has 1 aromatic rings. The van der Waals surface area contributed by atoms with Crippen molar-refractivity contribution in [2.45, 2.75) is 38.5 Å². The predicted molar refractivity (Wildman–Crippen MR) is 82.2 cm³/mol. The molecule has 2 aliphatic carbocycles. The van der Waals surface area contributed by atoms with E-state index in [0.717, 1.165) is 41.0 Å². The average Bonchev–Trinajstić information content (AvgIpc) is 2.99. The third-order valence-electron chi connectivity index (χ3n) is 5.48. The maximum Gasteiger partial charge on any atom is 0.141 e. The molecule has 3 heteroatoms. The zero-order valence-electron chi connectivity index (χ0n) is 13.2. The van der Waals surface area contributed by atoms with E-state index in [4.69, 9.17) is 9.47 Å². The number of Topliss-reactive ketones (excluding diaryl/α,β-unsaturated/α-hetero) is 1. The van der Waals surface area contributed by atoms with Gasteiger partial charge < -0.3 is 9.47 Å². The number of benzene rings is 1. The van der Waals surface area contributed by atoms with Crippen LogP contribution in [-0.4, -0.2) is 20.0 Å². The molecule has 1 saturated carbocycles. The largest absolute Gasteiger partial charge is 0.496 e. The number of ether oxygens (including phenoxy) is 2. The van der Waals surface area contributed by atoms with Crippen LogP contribution in [0.1, 0.15) is 49.7 Å². The molecular weight excluding hydrogens is 264 g/mol. The summed E-state index contributed by atoms with van der Waals surface area (Å²) in [4.78, 5) is 12.6. The number of methoxy groups -OCH3 is 2. The summed E-state index contributed by atoms with van der Waals surface area (Å²) in [5.74, 6) is 2.27. The highest BCUT2D eigenvalue weighted by atomic mass is 16.5. The number of hydrogen-bond acceptors (Lipinski definition) is 3. The van der Waals surface area contributed by atoms with Crippen molar-refractivity contribution in [1.82, 2.24) is 0 Å². The van der Waals surface area contributed by atoms with E-state index in [-0.39, 0.29) is 17.6 Å². The lowest BCUT2D eigenvalue weighted by Gasteiger charge is -2.33. The molecule has 0 radical (unpaired) electrons. The van der Waals surface area contributed by atoms with Gasteiger partial charge in [0.15, 0.2) is 0 Å². The van der Waals surface area contributed by atoms with Crippen LogP contribution in [0, 0.1) is 5.41 Å². The molecule has 1 fully saturated rings. The topological polar surface area (TPSA) is 35.5 Å². The molecule has 2 atom stereocenters. The monoisotopic (exact) mass is 286 g/mol. The van der Waals surface area contributed by atoms with Crippen molar-refractivity contribution < 1.29 is 14.3 Å². The zero-order chi connectivity index (χ0) is 15.4. The van der Waals surface area contributed by atoms with E-state index in [1.165, 1.54) is 0 Å². The Morgan fingerprint density at radius 1 is 1.10 bits per heavy atom. The van der Waals surface area contributed by atoms with Crippen LogP contribution in [0.4, 0.5) is 0 Å². The van der Waals surface area contributed by atoms with Crippen LogP contribution < -0.4 is 9.47 Å². The quantitative estimate of drug-likeness (QED) is 0.789. The Hall–Kier alpha value is -1.77. The normalized spacial score (nSPS) is 29.1. The van der Waals surface area contributed by atoms with Crippen LogP contribution in [0.15, 0.2) is 24.3 Å². The second-order valence-corrected chi connectivity index (χ2v) is 6.19. The highest BCUT2D eigenvalue weighted by Gasteiger charge is 2.62. The van der Waals surface area contributed by atoms with Crippen molar-refractivity contribution in [2.75, 3.05) is 14.2 Å². The average molecular weight is 286 g/mol. The standard InChI is InChI=1S/C18H22O3/c1-10(2)18(11(3)19)12-6-7-13(18)17-15(21-5)9-8-14(20-4)16(12)17/h8-9,12-13H,1,6-7H2,2-5H3. The summed E-state index contributed by atoms with van der Waals surface area (Å²) >= 11 is 0. The molecule has 0 aromatic heterocycles. The van der Waals surface area contributed by atoms with Crippen LogP contribution >= 0.6 is 0 Å². The lowest BCUT2D eigenvalue weighted by atomic mass is 9.68. The molecule has 3 nitrogen and oxygen atoms in total. The Labute approximate surface area is 125 Å². The summed E-state index contributed by atoms with van der Waals surface area (Å²) in [6.45, 7) is 7.85. The van der Waals surface area contributed by atoms with Crippen molar-refractivity contribution in [3.8, 4) is 11.5 Å². The fourth-order valence-corrected chi connectivity index (χ4v) is 4.83. The second kappa shape index (κ2) is 4.62.